The number of hydrogen-bond donors (Lipinski definition) is 1. The van der Waals surface area contributed by atoms with E-state index in [4.69, 9.17) is 0 Å². The number of imide groups is 1. The van der Waals surface area contributed by atoms with Gasteiger partial charge in [0.15, 0.2) is 0 Å². The number of carbonyl (C=O) groups excluding carboxylic acids is 2. The Morgan fingerprint density at radius 1 is 1.11 bits per heavy atom. The summed E-state index contributed by atoms with van der Waals surface area (Å²) in [7, 11) is 0. The van der Waals surface area contributed by atoms with E-state index in [2.05, 4.69) is 5.32 Å². The molecule has 1 saturated heterocycles. The minimum absolute atomic E-state index is 0.111. The van der Waals surface area contributed by atoms with Gasteiger partial charge in [-0.15, -0.1) is 11.8 Å². The molecule has 0 spiro atoms. The maximum absolute atomic E-state index is 11.8. The molecule has 2 amide bonds. The van der Waals surface area contributed by atoms with Crippen LogP contribution in [0.5, 0.6) is 0 Å². The van der Waals surface area contributed by atoms with Crippen molar-refractivity contribution >= 4 is 29.3 Å². The maximum atomic E-state index is 11.8. The zero-order valence-corrected chi connectivity index (χ0v) is 10.8. The van der Waals surface area contributed by atoms with E-state index in [1.807, 2.05) is 18.2 Å². The monoisotopic (exact) mass is 262 g/mol. The predicted octanol–water partition coefficient (Wildman–Crippen LogP) is 0.939. The first-order chi connectivity index (χ1) is 8.75. The van der Waals surface area contributed by atoms with Crippen LogP contribution in [-0.4, -0.2) is 29.9 Å². The molecule has 0 aliphatic carbocycles. The Labute approximate surface area is 110 Å². The first-order valence-corrected chi connectivity index (χ1v) is 7.17. The van der Waals surface area contributed by atoms with Crippen LogP contribution in [0.15, 0.2) is 18.2 Å². The fourth-order valence-electron chi connectivity index (χ4n) is 2.39. The summed E-state index contributed by atoms with van der Waals surface area (Å²) in [5.41, 5.74) is 3.22. The molecule has 0 radical (unpaired) electrons. The third-order valence-electron chi connectivity index (χ3n) is 3.28. The molecule has 0 bridgehead atoms. The zero-order chi connectivity index (χ0) is 12.5. The molecule has 1 aromatic rings. The van der Waals surface area contributed by atoms with E-state index in [-0.39, 0.29) is 11.8 Å². The molecule has 3 rings (SSSR count). The van der Waals surface area contributed by atoms with Crippen molar-refractivity contribution in [3.8, 4) is 0 Å². The molecule has 2 aliphatic heterocycles. The second kappa shape index (κ2) is 4.74. The van der Waals surface area contributed by atoms with Gasteiger partial charge in [-0.1, -0.05) is 6.07 Å². The predicted molar refractivity (Wildman–Crippen MR) is 71.7 cm³/mol. The van der Waals surface area contributed by atoms with Crippen molar-refractivity contribution in [2.75, 3.05) is 23.0 Å². The van der Waals surface area contributed by atoms with Crippen LogP contribution in [0.25, 0.3) is 0 Å². The van der Waals surface area contributed by atoms with Crippen LogP contribution in [0.3, 0.4) is 0 Å². The highest BCUT2D eigenvalue weighted by Gasteiger charge is 2.28. The molecule has 1 aromatic carbocycles. The highest BCUT2D eigenvalue weighted by Crippen LogP contribution is 2.25. The minimum Gasteiger partial charge on any atom is -0.312 e. The van der Waals surface area contributed by atoms with Crippen molar-refractivity contribution in [3.63, 3.8) is 0 Å². The molecule has 0 unspecified atom stereocenters. The molecule has 2 aliphatic rings. The van der Waals surface area contributed by atoms with Gasteiger partial charge >= 0.3 is 0 Å². The van der Waals surface area contributed by atoms with Crippen molar-refractivity contribution in [1.82, 2.24) is 5.32 Å². The molecule has 18 heavy (non-hydrogen) atoms. The first kappa shape index (κ1) is 11.7. The second-order valence-corrected chi connectivity index (χ2v) is 5.48. The number of amides is 2. The summed E-state index contributed by atoms with van der Waals surface area (Å²) >= 11 is 1.39. The average Bonchev–Trinajstić information content (AvgIpc) is 2.38. The quantitative estimate of drug-likeness (QED) is 0.765. The van der Waals surface area contributed by atoms with Gasteiger partial charge in [0.25, 0.3) is 0 Å². The van der Waals surface area contributed by atoms with Gasteiger partial charge in [0.1, 0.15) is 0 Å². The van der Waals surface area contributed by atoms with Crippen molar-refractivity contribution in [2.24, 2.45) is 0 Å². The highest BCUT2D eigenvalue weighted by molar-refractivity contribution is 8.00. The molecule has 4 nitrogen and oxygen atoms in total. The number of anilines is 1. The van der Waals surface area contributed by atoms with Gasteiger partial charge in [0.05, 0.1) is 17.2 Å². The lowest BCUT2D eigenvalue weighted by Gasteiger charge is -2.26. The summed E-state index contributed by atoms with van der Waals surface area (Å²) in [4.78, 5) is 25.0. The van der Waals surface area contributed by atoms with Gasteiger partial charge in [-0.05, 0) is 36.2 Å². The molecule has 94 valence electrons. The summed E-state index contributed by atoms with van der Waals surface area (Å²) in [6, 6.07) is 5.89. The van der Waals surface area contributed by atoms with Crippen molar-refractivity contribution in [2.45, 2.75) is 13.0 Å². The fourth-order valence-corrected chi connectivity index (χ4v) is 3.10. The third kappa shape index (κ3) is 2.04. The largest absolute Gasteiger partial charge is 0.312 e. The summed E-state index contributed by atoms with van der Waals surface area (Å²) in [6.45, 7) is 1.80. The van der Waals surface area contributed by atoms with Gasteiger partial charge < -0.3 is 5.32 Å². The van der Waals surface area contributed by atoms with Crippen LogP contribution in [0.2, 0.25) is 0 Å². The Morgan fingerprint density at radius 3 is 2.67 bits per heavy atom. The molecule has 2 heterocycles. The number of carbonyl (C=O) groups is 2. The Bertz CT molecular complexity index is 500. The van der Waals surface area contributed by atoms with Gasteiger partial charge in [0, 0.05) is 6.54 Å². The molecule has 5 heteroatoms. The Balaban J connectivity index is 1.96. The zero-order valence-electron chi connectivity index (χ0n) is 9.94. The standard InChI is InChI=1S/C13H14N2O2S/c16-12-7-18-8-13(17)15(12)11-2-1-9-3-4-14-6-10(9)5-11/h1-2,5,14H,3-4,6-8H2. The van der Waals surface area contributed by atoms with E-state index in [0.717, 1.165) is 19.5 Å². The molecule has 0 atom stereocenters. The fraction of sp³-hybridized carbons (Fsp3) is 0.385. The number of benzene rings is 1. The third-order valence-corrected chi connectivity index (χ3v) is 4.19. The number of rotatable bonds is 1. The molecular formula is C13H14N2O2S. The summed E-state index contributed by atoms with van der Waals surface area (Å²) in [6.07, 6.45) is 1.01. The molecule has 0 saturated carbocycles. The van der Waals surface area contributed by atoms with E-state index in [1.165, 1.54) is 27.8 Å². The van der Waals surface area contributed by atoms with Crippen molar-refractivity contribution in [3.05, 3.63) is 29.3 Å². The highest BCUT2D eigenvalue weighted by atomic mass is 32.2. The van der Waals surface area contributed by atoms with E-state index >= 15 is 0 Å². The summed E-state index contributed by atoms with van der Waals surface area (Å²) < 4.78 is 0. The summed E-state index contributed by atoms with van der Waals surface area (Å²) in [5, 5.41) is 3.30. The number of nitrogens with one attached hydrogen (secondary N) is 1. The van der Waals surface area contributed by atoms with Crippen LogP contribution in [0, 0.1) is 0 Å². The molecular weight excluding hydrogens is 248 g/mol. The maximum Gasteiger partial charge on any atom is 0.243 e. The lowest BCUT2D eigenvalue weighted by Crippen LogP contribution is -2.43. The van der Waals surface area contributed by atoms with Crippen LogP contribution >= 0.6 is 11.8 Å². The van der Waals surface area contributed by atoms with E-state index in [1.54, 1.807) is 0 Å². The lowest BCUT2D eigenvalue weighted by molar-refractivity contribution is -0.124. The molecule has 1 fully saturated rings. The lowest BCUT2D eigenvalue weighted by atomic mass is 10.00. The van der Waals surface area contributed by atoms with Gasteiger partial charge in [-0.2, -0.15) is 0 Å². The normalized spacial score (nSPS) is 19.9. The number of hydrogen-bond acceptors (Lipinski definition) is 4. The summed E-state index contributed by atoms with van der Waals surface area (Å²) in [5.74, 6) is 0.558. The number of nitrogens with zero attached hydrogens (tertiary/aromatic N) is 1. The Hall–Kier alpha value is -1.33. The average molecular weight is 262 g/mol. The topological polar surface area (TPSA) is 49.4 Å². The van der Waals surface area contributed by atoms with Crippen LogP contribution < -0.4 is 10.2 Å². The van der Waals surface area contributed by atoms with Gasteiger partial charge in [-0.3, -0.25) is 9.59 Å². The van der Waals surface area contributed by atoms with Crippen LogP contribution in [0.1, 0.15) is 11.1 Å². The molecule has 0 aromatic heterocycles. The smallest absolute Gasteiger partial charge is 0.243 e. The van der Waals surface area contributed by atoms with E-state index in [9.17, 15) is 9.59 Å². The van der Waals surface area contributed by atoms with Crippen molar-refractivity contribution in [1.29, 1.82) is 0 Å². The Morgan fingerprint density at radius 2 is 1.89 bits per heavy atom. The van der Waals surface area contributed by atoms with Crippen molar-refractivity contribution < 1.29 is 9.59 Å². The van der Waals surface area contributed by atoms with Gasteiger partial charge in [0.2, 0.25) is 11.8 Å². The van der Waals surface area contributed by atoms with Crippen LogP contribution in [-0.2, 0) is 22.6 Å². The Kier molecular flexibility index (Phi) is 3.09. The van der Waals surface area contributed by atoms with E-state index in [0.29, 0.717) is 17.2 Å². The second-order valence-electron chi connectivity index (χ2n) is 4.50. The van der Waals surface area contributed by atoms with Crippen LogP contribution in [0.4, 0.5) is 5.69 Å². The minimum atomic E-state index is -0.111. The van der Waals surface area contributed by atoms with E-state index < -0.39 is 0 Å². The number of fused-ring (bicyclic) bond motifs is 1. The molecule has 1 N–H and O–H groups in total. The number of thioether (sulfide) groups is 1. The van der Waals surface area contributed by atoms with Gasteiger partial charge in [-0.25, -0.2) is 4.90 Å². The SMILES string of the molecule is O=C1CSCC(=O)N1c1ccc2c(c1)CNCC2. The first-order valence-electron chi connectivity index (χ1n) is 6.02.